The van der Waals surface area contributed by atoms with E-state index in [2.05, 4.69) is 0 Å². The predicted octanol–water partition coefficient (Wildman–Crippen LogP) is 3.35. The van der Waals surface area contributed by atoms with Crippen molar-refractivity contribution >= 4 is 17.4 Å². The number of carbonyl (C=O) groups is 2. The smallest absolute Gasteiger partial charge is 0.253 e. The summed E-state index contributed by atoms with van der Waals surface area (Å²) in [6.45, 7) is 3.29. The van der Waals surface area contributed by atoms with Crippen molar-refractivity contribution in [3.05, 3.63) is 77.4 Å². The standard InChI is InChI=1S/C21H20F2N2O2/c1-15(18-4-2-3-5-19(18)23)14-20(26)24-10-12-25(13-11-24)21(27)16-6-8-17(22)9-7-16/h2-9,14H,10-13H2,1H3. The van der Waals surface area contributed by atoms with Gasteiger partial charge >= 0.3 is 0 Å². The highest BCUT2D eigenvalue weighted by Crippen LogP contribution is 2.18. The molecule has 6 heteroatoms. The van der Waals surface area contributed by atoms with Crippen molar-refractivity contribution in [2.75, 3.05) is 26.2 Å². The molecule has 27 heavy (non-hydrogen) atoms. The van der Waals surface area contributed by atoms with Crippen LogP contribution in [0.2, 0.25) is 0 Å². The second-order valence-electron chi connectivity index (χ2n) is 6.43. The Bertz CT molecular complexity index is 870. The molecule has 0 spiro atoms. The summed E-state index contributed by atoms with van der Waals surface area (Å²) in [6.07, 6.45) is 1.43. The van der Waals surface area contributed by atoms with Gasteiger partial charge in [-0.15, -0.1) is 0 Å². The Kier molecular flexibility index (Phi) is 5.64. The Labute approximate surface area is 156 Å². The van der Waals surface area contributed by atoms with Gasteiger partial charge in [0.2, 0.25) is 5.91 Å². The lowest BCUT2D eigenvalue weighted by Crippen LogP contribution is -2.50. The normalized spacial score (nSPS) is 15.0. The summed E-state index contributed by atoms with van der Waals surface area (Å²) in [5.41, 5.74) is 1.38. The van der Waals surface area contributed by atoms with Crippen molar-refractivity contribution in [2.45, 2.75) is 6.92 Å². The van der Waals surface area contributed by atoms with E-state index in [1.165, 1.54) is 36.4 Å². The van der Waals surface area contributed by atoms with Gasteiger partial charge in [-0.3, -0.25) is 9.59 Å². The van der Waals surface area contributed by atoms with Crippen molar-refractivity contribution in [2.24, 2.45) is 0 Å². The van der Waals surface area contributed by atoms with Crippen molar-refractivity contribution in [1.82, 2.24) is 9.80 Å². The highest BCUT2D eigenvalue weighted by Gasteiger charge is 2.24. The molecule has 1 saturated heterocycles. The van der Waals surface area contributed by atoms with Gasteiger partial charge in [-0.25, -0.2) is 8.78 Å². The number of hydrogen-bond acceptors (Lipinski definition) is 2. The fourth-order valence-electron chi connectivity index (χ4n) is 3.04. The molecule has 0 aromatic heterocycles. The Morgan fingerprint density at radius 1 is 0.889 bits per heavy atom. The Morgan fingerprint density at radius 2 is 1.48 bits per heavy atom. The van der Waals surface area contributed by atoms with Gasteiger partial charge < -0.3 is 9.80 Å². The number of amides is 2. The molecule has 0 N–H and O–H groups in total. The van der Waals surface area contributed by atoms with E-state index in [-0.39, 0.29) is 23.4 Å². The summed E-state index contributed by atoms with van der Waals surface area (Å²) in [4.78, 5) is 28.2. The minimum atomic E-state index is -0.390. The molecule has 2 aromatic carbocycles. The molecule has 0 aliphatic carbocycles. The maximum absolute atomic E-state index is 13.8. The number of hydrogen-bond donors (Lipinski definition) is 0. The zero-order valence-electron chi connectivity index (χ0n) is 15.0. The molecule has 0 unspecified atom stereocenters. The molecular weight excluding hydrogens is 350 g/mol. The number of rotatable bonds is 3. The topological polar surface area (TPSA) is 40.6 Å². The molecular formula is C21H20F2N2O2. The van der Waals surface area contributed by atoms with Gasteiger partial charge in [-0.05, 0) is 42.8 Å². The van der Waals surface area contributed by atoms with Crippen LogP contribution in [-0.2, 0) is 4.79 Å². The first-order valence-electron chi connectivity index (χ1n) is 8.72. The van der Waals surface area contributed by atoms with E-state index in [4.69, 9.17) is 0 Å². The van der Waals surface area contributed by atoms with Gasteiger partial charge in [0, 0.05) is 43.4 Å². The zero-order valence-corrected chi connectivity index (χ0v) is 15.0. The third-order valence-corrected chi connectivity index (χ3v) is 4.61. The van der Waals surface area contributed by atoms with Crippen LogP contribution in [0.5, 0.6) is 0 Å². The highest BCUT2D eigenvalue weighted by atomic mass is 19.1. The molecule has 2 amide bonds. The van der Waals surface area contributed by atoms with Crippen LogP contribution >= 0.6 is 0 Å². The summed E-state index contributed by atoms with van der Waals surface area (Å²) in [5.74, 6) is -1.14. The second kappa shape index (κ2) is 8.12. The first-order valence-corrected chi connectivity index (χ1v) is 8.72. The lowest BCUT2D eigenvalue weighted by Gasteiger charge is -2.34. The Balaban J connectivity index is 1.61. The molecule has 0 radical (unpaired) electrons. The van der Waals surface area contributed by atoms with Gasteiger partial charge in [-0.2, -0.15) is 0 Å². The van der Waals surface area contributed by atoms with Crippen molar-refractivity contribution < 1.29 is 18.4 Å². The summed E-state index contributed by atoms with van der Waals surface area (Å²) in [7, 11) is 0. The van der Waals surface area contributed by atoms with Gasteiger partial charge in [0.25, 0.3) is 5.91 Å². The van der Waals surface area contributed by atoms with Gasteiger partial charge in [0.15, 0.2) is 0 Å². The average Bonchev–Trinajstić information content (AvgIpc) is 2.68. The zero-order chi connectivity index (χ0) is 19.4. The molecule has 1 aliphatic rings. The summed E-state index contributed by atoms with van der Waals surface area (Å²) in [6, 6.07) is 11.7. The Morgan fingerprint density at radius 3 is 2.11 bits per heavy atom. The molecule has 0 saturated carbocycles. The second-order valence-corrected chi connectivity index (χ2v) is 6.43. The van der Waals surface area contributed by atoms with Crippen LogP contribution in [0.25, 0.3) is 5.57 Å². The third-order valence-electron chi connectivity index (χ3n) is 4.61. The van der Waals surface area contributed by atoms with Crippen LogP contribution < -0.4 is 0 Å². The maximum atomic E-state index is 13.8. The van der Waals surface area contributed by atoms with Crippen LogP contribution in [-0.4, -0.2) is 47.8 Å². The largest absolute Gasteiger partial charge is 0.336 e. The minimum absolute atomic E-state index is 0.180. The molecule has 140 valence electrons. The average molecular weight is 370 g/mol. The number of piperazine rings is 1. The van der Waals surface area contributed by atoms with E-state index in [1.807, 2.05) is 0 Å². The number of nitrogens with zero attached hydrogens (tertiary/aromatic N) is 2. The van der Waals surface area contributed by atoms with Crippen LogP contribution in [0, 0.1) is 11.6 Å². The summed E-state index contributed by atoms with van der Waals surface area (Å²) >= 11 is 0. The molecule has 0 atom stereocenters. The lowest BCUT2D eigenvalue weighted by molar-refractivity contribution is -0.127. The molecule has 3 rings (SSSR count). The summed E-state index contributed by atoms with van der Waals surface area (Å²) < 4.78 is 26.8. The van der Waals surface area contributed by atoms with Gasteiger partial charge in [0.1, 0.15) is 11.6 Å². The molecule has 1 fully saturated rings. The first kappa shape index (κ1) is 18.8. The molecule has 1 aliphatic heterocycles. The third kappa shape index (κ3) is 4.39. The number of halogens is 2. The molecule has 4 nitrogen and oxygen atoms in total. The van der Waals surface area contributed by atoms with E-state index in [0.29, 0.717) is 42.9 Å². The molecule has 0 bridgehead atoms. The lowest BCUT2D eigenvalue weighted by atomic mass is 10.1. The van der Waals surface area contributed by atoms with Crippen molar-refractivity contribution in [3.63, 3.8) is 0 Å². The maximum Gasteiger partial charge on any atom is 0.253 e. The Hall–Kier alpha value is -3.02. The molecule has 2 aromatic rings. The number of benzene rings is 2. The number of allylic oxidation sites excluding steroid dienone is 1. The fraction of sp³-hybridized carbons (Fsp3) is 0.238. The SMILES string of the molecule is CC(=CC(=O)N1CCN(C(=O)c2ccc(F)cc2)CC1)c1ccccc1F. The minimum Gasteiger partial charge on any atom is -0.336 e. The first-order chi connectivity index (χ1) is 13.0. The monoisotopic (exact) mass is 370 g/mol. The van der Waals surface area contributed by atoms with E-state index in [0.717, 1.165) is 0 Å². The van der Waals surface area contributed by atoms with Crippen molar-refractivity contribution in [3.8, 4) is 0 Å². The summed E-state index contributed by atoms with van der Waals surface area (Å²) in [5, 5.41) is 0. The quantitative estimate of drug-likeness (QED) is 0.778. The highest BCUT2D eigenvalue weighted by molar-refractivity contribution is 5.96. The van der Waals surface area contributed by atoms with Gasteiger partial charge in [-0.1, -0.05) is 18.2 Å². The van der Waals surface area contributed by atoms with Crippen LogP contribution in [0.15, 0.2) is 54.6 Å². The predicted molar refractivity (Wildman–Crippen MR) is 98.9 cm³/mol. The van der Waals surface area contributed by atoms with E-state index >= 15 is 0 Å². The molecule has 1 heterocycles. The van der Waals surface area contributed by atoms with Crippen LogP contribution in [0.3, 0.4) is 0 Å². The van der Waals surface area contributed by atoms with E-state index in [1.54, 1.807) is 34.9 Å². The van der Waals surface area contributed by atoms with E-state index < -0.39 is 0 Å². The van der Waals surface area contributed by atoms with Gasteiger partial charge in [0.05, 0.1) is 0 Å². The van der Waals surface area contributed by atoms with Crippen LogP contribution in [0.1, 0.15) is 22.8 Å². The van der Waals surface area contributed by atoms with E-state index in [9.17, 15) is 18.4 Å². The van der Waals surface area contributed by atoms with Crippen LogP contribution in [0.4, 0.5) is 8.78 Å². The van der Waals surface area contributed by atoms with Crippen molar-refractivity contribution in [1.29, 1.82) is 0 Å². The fourth-order valence-corrected chi connectivity index (χ4v) is 3.04. The number of carbonyl (C=O) groups excluding carboxylic acids is 2.